The van der Waals surface area contributed by atoms with Crippen LogP contribution in [0.5, 0.6) is 0 Å². The van der Waals surface area contributed by atoms with E-state index < -0.39 is 4.92 Å². The van der Waals surface area contributed by atoms with E-state index in [0.717, 1.165) is 22.5 Å². The first-order valence-electron chi connectivity index (χ1n) is 12.5. The van der Waals surface area contributed by atoms with E-state index in [0.29, 0.717) is 28.7 Å². The van der Waals surface area contributed by atoms with Gasteiger partial charge >= 0.3 is 0 Å². The molecule has 198 valence electrons. The van der Waals surface area contributed by atoms with Crippen molar-refractivity contribution in [2.45, 2.75) is 32.4 Å². The zero-order valence-corrected chi connectivity index (χ0v) is 22.3. The molecule has 1 fully saturated rings. The quantitative estimate of drug-likeness (QED) is 0.162. The smallest absolute Gasteiger partial charge is 0.269 e. The Hall–Kier alpha value is -4.57. The van der Waals surface area contributed by atoms with E-state index in [1.807, 2.05) is 67.3 Å². The largest absolute Gasteiger partial charge is 0.459 e. The van der Waals surface area contributed by atoms with Crippen LogP contribution in [0.4, 0.5) is 11.4 Å². The van der Waals surface area contributed by atoms with Crippen LogP contribution < -0.4 is 10.6 Å². The highest BCUT2D eigenvalue weighted by Gasteiger charge is 2.41. The number of carbonyl (C=O) groups is 1. The SMILES string of the molecule is Cc1ccc(C)c(NC(=O)CCN2C(=S)N[C@@H](c3ccccn3)[C@H]2c2ccc(-c3ccc([N+](=O)[O-])cc3)o2)c1. The van der Waals surface area contributed by atoms with Gasteiger partial charge in [0, 0.05) is 42.5 Å². The fraction of sp³-hybridized carbons (Fsp3) is 0.207. The number of anilines is 1. The molecule has 2 aromatic heterocycles. The van der Waals surface area contributed by atoms with Gasteiger partial charge in [-0.2, -0.15) is 0 Å². The number of thiocarbonyl (C=S) groups is 1. The third kappa shape index (κ3) is 5.65. The van der Waals surface area contributed by atoms with Crippen LogP contribution in [0.3, 0.4) is 0 Å². The van der Waals surface area contributed by atoms with Crippen LogP contribution in [0.25, 0.3) is 11.3 Å². The summed E-state index contributed by atoms with van der Waals surface area (Å²) in [4.78, 5) is 30.0. The zero-order valence-electron chi connectivity index (χ0n) is 21.5. The third-order valence-electron chi connectivity index (χ3n) is 6.73. The van der Waals surface area contributed by atoms with E-state index in [1.165, 1.54) is 12.1 Å². The number of non-ortho nitro benzene ring substituents is 1. The molecule has 0 saturated carbocycles. The molecule has 39 heavy (non-hydrogen) atoms. The number of hydrogen-bond donors (Lipinski definition) is 2. The summed E-state index contributed by atoms with van der Waals surface area (Å²) in [5, 5.41) is 17.9. The molecule has 4 aromatic rings. The summed E-state index contributed by atoms with van der Waals surface area (Å²) < 4.78 is 6.28. The van der Waals surface area contributed by atoms with Crippen molar-refractivity contribution in [3.63, 3.8) is 0 Å². The van der Waals surface area contributed by atoms with Gasteiger partial charge in [-0.25, -0.2) is 0 Å². The summed E-state index contributed by atoms with van der Waals surface area (Å²) in [5.41, 5.74) is 4.38. The Morgan fingerprint density at radius 1 is 1.13 bits per heavy atom. The number of aromatic nitrogens is 1. The second kappa shape index (κ2) is 11.0. The van der Waals surface area contributed by atoms with E-state index in [2.05, 4.69) is 15.6 Å². The second-order valence-electron chi connectivity index (χ2n) is 9.44. The highest BCUT2D eigenvalue weighted by Crippen LogP contribution is 2.40. The fourth-order valence-electron chi connectivity index (χ4n) is 4.67. The highest BCUT2D eigenvalue weighted by atomic mass is 32.1. The van der Waals surface area contributed by atoms with Crippen LogP contribution in [0, 0.1) is 24.0 Å². The molecule has 1 saturated heterocycles. The van der Waals surface area contributed by atoms with E-state index >= 15 is 0 Å². The Morgan fingerprint density at radius 3 is 2.64 bits per heavy atom. The van der Waals surface area contributed by atoms with Crippen molar-refractivity contribution in [3.05, 3.63) is 112 Å². The molecule has 2 N–H and O–H groups in total. The third-order valence-corrected chi connectivity index (χ3v) is 7.08. The average molecular weight is 542 g/mol. The molecule has 0 radical (unpaired) electrons. The molecular formula is C29H27N5O4S. The normalized spacial score (nSPS) is 16.7. The maximum absolute atomic E-state index is 12.9. The van der Waals surface area contributed by atoms with Crippen LogP contribution >= 0.6 is 12.2 Å². The van der Waals surface area contributed by atoms with Gasteiger partial charge in [0.25, 0.3) is 5.69 Å². The number of nitro benzene ring substituents is 1. The molecule has 2 atom stereocenters. The lowest BCUT2D eigenvalue weighted by Gasteiger charge is -2.26. The molecular weight excluding hydrogens is 514 g/mol. The molecule has 0 bridgehead atoms. The molecule has 2 aromatic carbocycles. The number of nitrogens with one attached hydrogen (secondary N) is 2. The lowest BCUT2D eigenvalue weighted by molar-refractivity contribution is -0.384. The first-order chi connectivity index (χ1) is 18.8. The summed E-state index contributed by atoms with van der Waals surface area (Å²) in [5.74, 6) is 1.10. The van der Waals surface area contributed by atoms with Crippen molar-refractivity contribution in [2.24, 2.45) is 0 Å². The number of benzene rings is 2. The monoisotopic (exact) mass is 541 g/mol. The van der Waals surface area contributed by atoms with Crippen molar-refractivity contribution >= 4 is 34.6 Å². The predicted molar refractivity (Wildman–Crippen MR) is 152 cm³/mol. The van der Waals surface area contributed by atoms with Crippen LogP contribution in [0.15, 0.2) is 83.4 Å². The van der Waals surface area contributed by atoms with Crippen molar-refractivity contribution in [1.82, 2.24) is 15.2 Å². The Bertz CT molecular complexity index is 1520. The number of nitro groups is 1. The number of amides is 1. The lowest BCUT2D eigenvalue weighted by atomic mass is 10.0. The fourth-order valence-corrected chi connectivity index (χ4v) is 5.01. The van der Waals surface area contributed by atoms with E-state index in [9.17, 15) is 14.9 Å². The van der Waals surface area contributed by atoms with E-state index in [1.54, 1.807) is 18.3 Å². The molecule has 1 aliphatic heterocycles. The van der Waals surface area contributed by atoms with Gasteiger partial charge in [0.15, 0.2) is 5.11 Å². The highest BCUT2D eigenvalue weighted by molar-refractivity contribution is 7.80. The Kier molecular flexibility index (Phi) is 7.38. The molecule has 5 rings (SSSR count). The Balaban J connectivity index is 1.39. The Labute approximate surface area is 231 Å². The number of aryl methyl sites for hydroxylation is 2. The number of rotatable bonds is 8. The maximum atomic E-state index is 12.9. The molecule has 0 spiro atoms. The van der Waals surface area contributed by atoms with Gasteiger partial charge in [-0.05, 0) is 79.7 Å². The second-order valence-corrected chi connectivity index (χ2v) is 9.83. The van der Waals surface area contributed by atoms with E-state index in [-0.39, 0.29) is 30.1 Å². The van der Waals surface area contributed by atoms with E-state index in [4.69, 9.17) is 16.6 Å². The van der Waals surface area contributed by atoms with Gasteiger partial charge in [-0.15, -0.1) is 0 Å². The van der Waals surface area contributed by atoms with Crippen LogP contribution in [-0.4, -0.2) is 32.4 Å². The molecule has 0 unspecified atom stereocenters. The molecule has 1 aliphatic rings. The van der Waals surface area contributed by atoms with Gasteiger partial charge in [-0.1, -0.05) is 18.2 Å². The van der Waals surface area contributed by atoms with Crippen LogP contribution in [0.1, 0.15) is 41.1 Å². The van der Waals surface area contributed by atoms with Crippen molar-refractivity contribution in [1.29, 1.82) is 0 Å². The number of hydrogen-bond acceptors (Lipinski definition) is 6. The van der Waals surface area contributed by atoms with Gasteiger partial charge < -0.3 is 20.0 Å². The van der Waals surface area contributed by atoms with Gasteiger partial charge in [0.1, 0.15) is 17.6 Å². The molecule has 1 amide bonds. The number of furan rings is 1. The number of carbonyl (C=O) groups excluding carboxylic acids is 1. The minimum atomic E-state index is -0.436. The van der Waals surface area contributed by atoms with Crippen molar-refractivity contribution in [3.8, 4) is 11.3 Å². The lowest BCUT2D eigenvalue weighted by Crippen LogP contribution is -2.32. The molecule has 10 heteroatoms. The Morgan fingerprint density at radius 2 is 1.92 bits per heavy atom. The maximum Gasteiger partial charge on any atom is 0.269 e. The van der Waals surface area contributed by atoms with Gasteiger partial charge in [0.05, 0.1) is 16.7 Å². The topological polar surface area (TPSA) is 114 Å². The van der Waals surface area contributed by atoms with Gasteiger partial charge in [0.2, 0.25) is 5.91 Å². The van der Waals surface area contributed by atoms with Gasteiger partial charge in [-0.3, -0.25) is 19.9 Å². The average Bonchev–Trinajstić information content (AvgIpc) is 3.54. The van der Waals surface area contributed by atoms with Crippen molar-refractivity contribution in [2.75, 3.05) is 11.9 Å². The minimum absolute atomic E-state index is 0.0106. The molecule has 3 heterocycles. The summed E-state index contributed by atoms with van der Waals surface area (Å²) in [6, 6.07) is 20.9. The number of nitrogens with zero attached hydrogens (tertiary/aromatic N) is 3. The molecule has 9 nitrogen and oxygen atoms in total. The van der Waals surface area contributed by atoms with Crippen molar-refractivity contribution < 1.29 is 14.1 Å². The summed E-state index contributed by atoms with van der Waals surface area (Å²) in [7, 11) is 0. The standard InChI is InChI=1S/C29H27N5O4S/c1-18-6-7-19(2)23(17-18)31-26(35)14-16-33-28(27(32-29(33)39)22-5-3-4-15-30-22)25-13-12-24(38-25)20-8-10-21(11-9-20)34(36)37/h3-13,15,17,27-28H,14,16H2,1-2H3,(H,31,35)(H,32,39)/t27-,28+/m0/s1. The summed E-state index contributed by atoms with van der Waals surface area (Å²) in [6.45, 7) is 4.31. The summed E-state index contributed by atoms with van der Waals surface area (Å²) >= 11 is 5.70. The zero-order chi connectivity index (χ0) is 27.5. The minimum Gasteiger partial charge on any atom is -0.459 e. The predicted octanol–water partition coefficient (Wildman–Crippen LogP) is 5.87. The van der Waals surface area contributed by atoms with Crippen LogP contribution in [-0.2, 0) is 4.79 Å². The first kappa shape index (κ1) is 26.1. The summed E-state index contributed by atoms with van der Waals surface area (Å²) in [6.07, 6.45) is 1.94. The molecule has 0 aliphatic carbocycles. The van der Waals surface area contributed by atoms with Crippen LogP contribution in [0.2, 0.25) is 0 Å². The number of pyridine rings is 1. The first-order valence-corrected chi connectivity index (χ1v) is 12.9.